The molecule has 0 aliphatic rings. The van der Waals surface area contributed by atoms with E-state index in [1.807, 2.05) is 48.5 Å². The molecular weight excluding hydrogens is 612 g/mol. The summed E-state index contributed by atoms with van der Waals surface area (Å²) >= 11 is 0. The standard InChI is InChI=1S/C21H32N2O13P4/c24-37(25)33-14-22(15-34-38(26)27)11-9-18-1-3-20(4-2-18)13-32-21-7-5-19(6-8-21)10-12-23(16-35-39(28)29)17-36-40(30)31/h1-8,24-29H,9-17H2/p+1. The van der Waals surface area contributed by atoms with Crippen molar-refractivity contribution >= 4 is 34.1 Å². The quantitative estimate of drug-likeness (QED) is 0.0766. The van der Waals surface area contributed by atoms with E-state index in [-0.39, 0.29) is 26.9 Å². The van der Waals surface area contributed by atoms with Crippen LogP contribution >= 0.6 is 34.1 Å². The summed E-state index contributed by atoms with van der Waals surface area (Å²) in [6.07, 6.45) is 1.12. The Morgan fingerprint density at radius 2 is 1.02 bits per heavy atom. The second-order valence-corrected chi connectivity index (χ2v) is 11.1. The Morgan fingerprint density at radius 3 is 1.45 bits per heavy atom. The topological polar surface area (TPSA) is 211 Å². The van der Waals surface area contributed by atoms with Crippen molar-refractivity contribution in [3.05, 3.63) is 65.2 Å². The zero-order valence-electron chi connectivity index (χ0n) is 21.2. The molecule has 0 amide bonds. The molecule has 1 unspecified atom stereocenters. The molecule has 40 heavy (non-hydrogen) atoms. The molecule has 2 rings (SSSR count). The number of benzene rings is 2. The van der Waals surface area contributed by atoms with Crippen molar-refractivity contribution in [3.8, 4) is 5.75 Å². The number of nitrogens with zero attached hydrogens (tertiary/aromatic N) is 2. The van der Waals surface area contributed by atoms with Gasteiger partial charge in [0.1, 0.15) is 32.5 Å². The molecule has 0 saturated carbocycles. The van der Waals surface area contributed by atoms with Crippen LogP contribution in [0.25, 0.3) is 0 Å². The van der Waals surface area contributed by atoms with E-state index in [4.69, 9.17) is 52.6 Å². The van der Waals surface area contributed by atoms with E-state index in [1.54, 1.807) is 4.90 Å². The van der Waals surface area contributed by atoms with E-state index in [0.717, 1.165) is 16.7 Å². The van der Waals surface area contributed by atoms with Crippen LogP contribution in [0.15, 0.2) is 48.5 Å². The molecule has 0 aliphatic carbocycles. The molecule has 0 bridgehead atoms. The SMILES string of the molecule is O=[P+](O)OCN(CCc1ccc(OCc2ccc(CCN(COP(O)O)COP(O)O)cc2)cc1)COP(O)O. The Labute approximate surface area is 236 Å². The molecule has 0 radical (unpaired) electrons. The van der Waals surface area contributed by atoms with Crippen molar-refractivity contribution in [1.29, 1.82) is 0 Å². The third-order valence-corrected chi connectivity index (χ3v) is 6.58. The second kappa shape index (κ2) is 20.1. The maximum atomic E-state index is 10.8. The minimum Gasteiger partial charge on any atom is -0.489 e. The molecular formula is C21H33N2O13P4+. The molecule has 19 heteroatoms. The van der Waals surface area contributed by atoms with E-state index >= 15 is 0 Å². The van der Waals surface area contributed by atoms with Gasteiger partial charge in [0.2, 0.25) is 0 Å². The van der Waals surface area contributed by atoms with Crippen LogP contribution in [0.1, 0.15) is 16.7 Å². The van der Waals surface area contributed by atoms with Gasteiger partial charge in [-0.15, -0.1) is 9.42 Å². The Kier molecular flexibility index (Phi) is 17.7. The lowest BCUT2D eigenvalue weighted by Gasteiger charge is -2.22. The third-order valence-electron chi connectivity index (χ3n) is 5.20. The molecule has 7 N–H and O–H groups in total. The fraction of sp³-hybridized carbons (Fsp3) is 0.429. The highest BCUT2D eigenvalue weighted by Gasteiger charge is 2.17. The molecule has 224 valence electrons. The van der Waals surface area contributed by atoms with E-state index in [2.05, 4.69) is 4.52 Å². The molecule has 0 heterocycles. The highest BCUT2D eigenvalue weighted by molar-refractivity contribution is 7.39. The van der Waals surface area contributed by atoms with Gasteiger partial charge in [0.15, 0.2) is 6.73 Å². The van der Waals surface area contributed by atoms with Crippen molar-refractivity contribution in [2.75, 3.05) is 40.0 Å². The monoisotopic (exact) mass is 645 g/mol. The van der Waals surface area contributed by atoms with Gasteiger partial charge in [-0.3, -0.25) is 23.4 Å². The van der Waals surface area contributed by atoms with Crippen LogP contribution in [0.3, 0.4) is 0 Å². The summed E-state index contributed by atoms with van der Waals surface area (Å²) in [6.45, 7) is 0.463. The zero-order chi connectivity index (χ0) is 29.3. The minimum absolute atomic E-state index is 0.144. The van der Waals surface area contributed by atoms with Gasteiger partial charge in [0, 0.05) is 17.7 Å². The minimum atomic E-state index is -2.79. The summed E-state index contributed by atoms with van der Waals surface area (Å²) in [5.74, 6) is 0.663. The summed E-state index contributed by atoms with van der Waals surface area (Å²) in [4.78, 5) is 65.5. The van der Waals surface area contributed by atoms with Crippen molar-refractivity contribution in [2.24, 2.45) is 0 Å². The molecule has 15 nitrogen and oxygen atoms in total. The fourth-order valence-electron chi connectivity index (χ4n) is 3.16. The average molecular weight is 645 g/mol. The van der Waals surface area contributed by atoms with Gasteiger partial charge in [-0.25, -0.2) is 0 Å². The lowest BCUT2D eigenvalue weighted by atomic mass is 10.1. The van der Waals surface area contributed by atoms with Gasteiger partial charge in [-0.05, 0) is 41.7 Å². The Balaban J connectivity index is 1.79. The highest BCUT2D eigenvalue weighted by atomic mass is 31.2. The smallest absolute Gasteiger partial charge is 0.489 e. The van der Waals surface area contributed by atoms with E-state index in [0.29, 0.717) is 38.3 Å². The van der Waals surface area contributed by atoms with Crippen molar-refractivity contribution in [1.82, 2.24) is 9.80 Å². The van der Waals surface area contributed by atoms with Gasteiger partial charge in [-0.1, -0.05) is 36.4 Å². The number of hydrogen-bond donors (Lipinski definition) is 7. The third kappa shape index (κ3) is 16.5. The summed E-state index contributed by atoms with van der Waals surface area (Å²) in [6, 6.07) is 15.1. The van der Waals surface area contributed by atoms with Gasteiger partial charge in [0.05, 0.1) is 0 Å². The first-order valence-corrected chi connectivity index (χ1v) is 16.2. The van der Waals surface area contributed by atoms with Crippen molar-refractivity contribution < 1.29 is 61.7 Å². The van der Waals surface area contributed by atoms with Crippen LogP contribution in [0.2, 0.25) is 0 Å². The zero-order valence-corrected chi connectivity index (χ0v) is 24.8. The molecule has 1 atom stereocenters. The summed E-state index contributed by atoms with van der Waals surface area (Å²) < 4.78 is 35.6. The van der Waals surface area contributed by atoms with Crippen LogP contribution in [0.5, 0.6) is 5.75 Å². The fourth-order valence-corrected chi connectivity index (χ4v) is 4.22. The Morgan fingerprint density at radius 1 is 0.625 bits per heavy atom. The summed E-state index contributed by atoms with van der Waals surface area (Å²) in [5, 5.41) is 0. The van der Waals surface area contributed by atoms with Gasteiger partial charge >= 0.3 is 34.1 Å². The maximum Gasteiger partial charge on any atom is 0.696 e. The molecule has 0 spiro atoms. The van der Waals surface area contributed by atoms with E-state index in [1.165, 1.54) is 4.90 Å². The van der Waals surface area contributed by atoms with Crippen molar-refractivity contribution in [2.45, 2.75) is 19.4 Å². The summed E-state index contributed by atoms with van der Waals surface area (Å²) in [5.41, 5.74) is 2.90. The van der Waals surface area contributed by atoms with E-state index in [9.17, 15) is 4.57 Å². The Hall–Kier alpha value is -0.890. The normalized spacial score (nSPS) is 12.3. The van der Waals surface area contributed by atoms with Gasteiger partial charge in [0.25, 0.3) is 0 Å². The van der Waals surface area contributed by atoms with Gasteiger partial charge < -0.3 is 34.1 Å². The predicted molar refractivity (Wildman–Crippen MR) is 146 cm³/mol. The molecule has 0 saturated heterocycles. The van der Waals surface area contributed by atoms with Gasteiger partial charge in [-0.2, -0.15) is 0 Å². The second-order valence-electron chi connectivity index (χ2n) is 8.07. The lowest BCUT2D eigenvalue weighted by Crippen LogP contribution is -2.30. The first kappa shape index (κ1) is 35.3. The highest BCUT2D eigenvalue weighted by Crippen LogP contribution is 2.27. The van der Waals surface area contributed by atoms with Crippen LogP contribution in [-0.2, 0) is 42.1 Å². The Bertz CT molecular complexity index is 962. The molecule has 2 aromatic carbocycles. The van der Waals surface area contributed by atoms with E-state index < -0.39 is 34.1 Å². The molecule has 0 fully saturated rings. The molecule has 0 aromatic heterocycles. The first-order chi connectivity index (χ1) is 19.1. The van der Waals surface area contributed by atoms with Crippen LogP contribution in [0, 0.1) is 0 Å². The van der Waals surface area contributed by atoms with Crippen molar-refractivity contribution in [3.63, 3.8) is 0 Å². The molecule has 2 aromatic rings. The number of ether oxygens (including phenoxy) is 1. The maximum absolute atomic E-state index is 10.8. The molecule has 0 aliphatic heterocycles. The van der Waals surface area contributed by atoms with Crippen LogP contribution in [-0.4, -0.2) is 84.1 Å². The number of rotatable bonds is 21. The first-order valence-electron chi connectivity index (χ1n) is 11.6. The predicted octanol–water partition coefficient (Wildman–Crippen LogP) is 2.14. The summed E-state index contributed by atoms with van der Waals surface area (Å²) in [7, 11) is -10.4. The lowest BCUT2D eigenvalue weighted by molar-refractivity contribution is 0.0428. The number of hydrogen-bond acceptors (Lipinski definition) is 14. The largest absolute Gasteiger partial charge is 0.696 e. The van der Waals surface area contributed by atoms with Crippen LogP contribution in [0.4, 0.5) is 0 Å². The van der Waals surface area contributed by atoms with Crippen LogP contribution < -0.4 is 4.74 Å². The average Bonchev–Trinajstić information content (AvgIpc) is 2.91.